The summed E-state index contributed by atoms with van der Waals surface area (Å²) in [6.07, 6.45) is 3.13. The lowest BCUT2D eigenvalue weighted by Gasteiger charge is -2.35. The first-order valence-corrected chi connectivity index (χ1v) is 8.24. The molecule has 0 aliphatic heterocycles. The molecule has 1 heterocycles. The van der Waals surface area contributed by atoms with Crippen LogP contribution in [0.25, 0.3) is 0 Å². The summed E-state index contributed by atoms with van der Waals surface area (Å²) in [4.78, 5) is 1.03. The maximum Gasteiger partial charge on any atom is 0.0885 e. The molecule has 17 heavy (non-hydrogen) atoms. The van der Waals surface area contributed by atoms with Gasteiger partial charge in [0, 0.05) is 16.0 Å². The van der Waals surface area contributed by atoms with Crippen LogP contribution in [-0.2, 0) is 4.74 Å². The summed E-state index contributed by atoms with van der Waals surface area (Å²) in [6, 6.07) is 2.00. The van der Waals surface area contributed by atoms with Crippen molar-refractivity contribution in [1.29, 1.82) is 0 Å². The van der Waals surface area contributed by atoms with Gasteiger partial charge >= 0.3 is 0 Å². The molecule has 0 amide bonds. The first-order chi connectivity index (χ1) is 8.10. The molecule has 2 rings (SSSR count). The molecule has 0 spiro atoms. The van der Waals surface area contributed by atoms with Gasteiger partial charge in [0.15, 0.2) is 0 Å². The standard InChI is InChI=1S/C12H16Br2O2S/c1-2-16-8-3-7(4-8)5-10(15)11-6-9(13)12(14)17-11/h6-8,10,15H,2-5H2,1H3. The zero-order valence-electron chi connectivity index (χ0n) is 9.66. The Kier molecular flexibility index (Phi) is 5.06. The van der Waals surface area contributed by atoms with Gasteiger partial charge in [-0.25, -0.2) is 0 Å². The normalized spacial score (nSPS) is 25.6. The highest BCUT2D eigenvalue weighted by molar-refractivity contribution is 9.13. The lowest BCUT2D eigenvalue weighted by atomic mass is 9.78. The Balaban J connectivity index is 1.80. The molecule has 1 N–H and O–H groups in total. The van der Waals surface area contributed by atoms with E-state index >= 15 is 0 Å². The predicted octanol–water partition coefficient (Wildman–Crippen LogP) is 4.51. The molecule has 0 radical (unpaired) electrons. The van der Waals surface area contributed by atoms with Crippen LogP contribution in [-0.4, -0.2) is 17.8 Å². The van der Waals surface area contributed by atoms with Crippen molar-refractivity contribution in [3.8, 4) is 0 Å². The van der Waals surface area contributed by atoms with Gasteiger partial charge in [0.25, 0.3) is 0 Å². The fourth-order valence-electron chi connectivity index (χ4n) is 2.20. The highest BCUT2D eigenvalue weighted by Crippen LogP contribution is 2.41. The van der Waals surface area contributed by atoms with Crippen LogP contribution < -0.4 is 0 Å². The number of aliphatic hydroxyl groups is 1. The summed E-state index contributed by atoms with van der Waals surface area (Å²) >= 11 is 8.50. The van der Waals surface area contributed by atoms with Crippen molar-refractivity contribution in [2.24, 2.45) is 5.92 Å². The highest BCUT2D eigenvalue weighted by Gasteiger charge is 2.31. The molecule has 5 heteroatoms. The number of aliphatic hydroxyl groups excluding tert-OH is 1. The van der Waals surface area contributed by atoms with Crippen molar-refractivity contribution in [3.05, 3.63) is 19.2 Å². The molecule has 1 saturated carbocycles. The van der Waals surface area contributed by atoms with Crippen molar-refractivity contribution < 1.29 is 9.84 Å². The van der Waals surface area contributed by atoms with Crippen LogP contribution in [0, 0.1) is 5.92 Å². The lowest BCUT2D eigenvalue weighted by molar-refractivity contribution is -0.0377. The second-order valence-corrected chi connectivity index (χ2v) is 7.69. The Morgan fingerprint density at radius 3 is 2.76 bits per heavy atom. The smallest absolute Gasteiger partial charge is 0.0885 e. The van der Waals surface area contributed by atoms with Crippen LogP contribution in [0.5, 0.6) is 0 Å². The summed E-state index contributed by atoms with van der Waals surface area (Å²) in [5, 5.41) is 10.1. The Morgan fingerprint density at radius 1 is 1.53 bits per heavy atom. The van der Waals surface area contributed by atoms with Crippen molar-refractivity contribution in [2.45, 2.75) is 38.4 Å². The molecule has 1 fully saturated rings. The van der Waals surface area contributed by atoms with E-state index in [1.807, 2.05) is 13.0 Å². The molecule has 0 bridgehead atoms. The first kappa shape index (κ1) is 14.0. The quantitative estimate of drug-likeness (QED) is 0.810. The molecule has 96 valence electrons. The van der Waals surface area contributed by atoms with Crippen molar-refractivity contribution in [1.82, 2.24) is 0 Å². The number of thiophene rings is 1. The minimum atomic E-state index is -0.338. The van der Waals surface area contributed by atoms with Crippen LogP contribution in [0.1, 0.15) is 37.2 Å². The van der Waals surface area contributed by atoms with Gasteiger partial charge in [-0.15, -0.1) is 11.3 Å². The van der Waals surface area contributed by atoms with E-state index in [4.69, 9.17) is 4.74 Å². The third-order valence-electron chi connectivity index (χ3n) is 3.14. The van der Waals surface area contributed by atoms with Crippen molar-refractivity contribution in [2.75, 3.05) is 6.61 Å². The Labute approximate surface area is 123 Å². The van der Waals surface area contributed by atoms with Gasteiger partial charge < -0.3 is 9.84 Å². The molecular weight excluding hydrogens is 368 g/mol. The largest absolute Gasteiger partial charge is 0.388 e. The maximum absolute atomic E-state index is 10.1. The summed E-state index contributed by atoms with van der Waals surface area (Å²) < 4.78 is 7.60. The Hall–Kier alpha value is 0.580. The highest BCUT2D eigenvalue weighted by atomic mass is 79.9. The molecule has 2 nitrogen and oxygen atoms in total. The summed E-state index contributed by atoms with van der Waals surface area (Å²) in [7, 11) is 0. The zero-order valence-corrected chi connectivity index (χ0v) is 13.6. The number of hydrogen-bond donors (Lipinski definition) is 1. The van der Waals surface area contributed by atoms with E-state index in [1.165, 1.54) is 0 Å². The van der Waals surface area contributed by atoms with E-state index in [9.17, 15) is 5.11 Å². The molecule has 1 aliphatic rings. The third kappa shape index (κ3) is 3.53. The van der Waals surface area contributed by atoms with Gasteiger partial charge in [0.05, 0.1) is 16.0 Å². The first-order valence-electron chi connectivity index (χ1n) is 5.84. The fraction of sp³-hybridized carbons (Fsp3) is 0.667. The lowest BCUT2D eigenvalue weighted by Crippen LogP contribution is -2.32. The van der Waals surface area contributed by atoms with Crippen LogP contribution in [0.2, 0.25) is 0 Å². The van der Waals surface area contributed by atoms with E-state index < -0.39 is 0 Å². The topological polar surface area (TPSA) is 29.5 Å². The maximum atomic E-state index is 10.1. The molecule has 1 aromatic heterocycles. The number of rotatable bonds is 5. The SMILES string of the molecule is CCOC1CC(CC(O)c2cc(Br)c(Br)s2)C1. The van der Waals surface area contributed by atoms with Crippen LogP contribution in [0.15, 0.2) is 14.3 Å². The molecule has 0 saturated heterocycles. The summed E-state index contributed by atoms with van der Waals surface area (Å²) in [5.74, 6) is 0.612. The van der Waals surface area contributed by atoms with Gasteiger partial charge in [-0.3, -0.25) is 0 Å². The van der Waals surface area contributed by atoms with Gasteiger partial charge in [0.2, 0.25) is 0 Å². The molecule has 1 atom stereocenters. The third-order valence-corrected chi connectivity index (χ3v) is 6.50. The number of halogens is 2. The zero-order chi connectivity index (χ0) is 12.4. The monoisotopic (exact) mass is 382 g/mol. The fourth-order valence-corrected chi connectivity index (χ4v) is 4.29. The predicted molar refractivity (Wildman–Crippen MR) is 77.4 cm³/mol. The molecular formula is C12H16Br2O2S. The van der Waals surface area contributed by atoms with E-state index in [0.29, 0.717) is 12.0 Å². The van der Waals surface area contributed by atoms with Crippen molar-refractivity contribution >= 4 is 43.2 Å². The summed E-state index contributed by atoms with van der Waals surface area (Å²) in [5.41, 5.74) is 0. The Morgan fingerprint density at radius 2 is 2.24 bits per heavy atom. The van der Waals surface area contributed by atoms with E-state index in [-0.39, 0.29) is 6.10 Å². The van der Waals surface area contributed by atoms with Crippen LogP contribution >= 0.6 is 43.2 Å². The van der Waals surface area contributed by atoms with Crippen LogP contribution in [0.4, 0.5) is 0 Å². The molecule has 1 aromatic rings. The van der Waals surface area contributed by atoms with Gasteiger partial charge in [-0.2, -0.15) is 0 Å². The molecule has 0 aromatic carbocycles. The summed E-state index contributed by atoms with van der Waals surface area (Å²) in [6.45, 7) is 2.83. The van der Waals surface area contributed by atoms with Crippen molar-refractivity contribution in [3.63, 3.8) is 0 Å². The minimum Gasteiger partial charge on any atom is -0.388 e. The van der Waals surface area contributed by atoms with E-state index in [2.05, 4.69) is 31.9 Å². The van der Waals surface area contributed by atoms with Gasteiger partial charge in [0.1, 0.15) is 0 Å². The Bertz CT molecular complexity index is 355. The van der Waals surface area contributed by atoms with E-state index in [1.54, 1.807) is 11.3 Å². The number of ether oxygens (including phenoxy) is 1. The van der Waals surface area contributed by atoms with Crippen LogP contribution in [0.3, 0.4) is 0 Å². The molecule has 1 aliphatic carbocycles. The van der Waals surface area contributed by atoms with Gasteiger partial charge in [-0.1, -0.05) is 0 Å². The average Bonchev–Trinajstić information content (AvgIpc) is 2.56. The van der Waals surface area contributed by atoms with E-state index in [0.717, 1.165) is 39.0 Å². The second kappa shape index (κ2) is 6.15. The minimum absolute atomic E-state index is 0.338. The second-order valence-electron chi connectivity index (χ2n) is 4.44. The van der Waals surface area contributed by atoms with Gasteiger partial charge in [-0.05, 0) is 70.0 Å². The molecule has 1 unspecified atom stereocenters. The average molecular weight is 384 g/mol. The number of hydrogen-bond acceptors (Lipinski definition) is 3.